The summed E-state index contributed by atoms with van der Waals surface area (Å²) in [5.74, 6) is 1.10. The van der Waals surface area contributed by atoms with E-state index in [2.05, 4.69) is 15.2 Å². The predicted molar refractivity (Wildman–Crippen MR) is 89.6 cm³/mol. The smallest absolute Gasteiger partial charge is 0.223 e. The number of anilines is 1. The average molecular weight is 342 g/mol. The maximum Gasteiger partial charge on any atom is 0.223 e. The van der Waals surface area contributed by atoms with Crippen LogP contribution in [0.5, 0.6) is 0 Å². The highest BCUT2D eigenvalue weighted by Gasteiger charge is 2.28. The number of amides is 1. The molecule has 0 unspecified atom stereocenters. The second kappa shape index (κ2) is 7.05. The Morgan fingerprint density at radius 1 is 1.18 bits per heavy atom. The van der Waals surface area contributed by atoms with E-state index in [-0.39, 0.29) is 11.8 Å². The van der Waals surface area contributed by atoms with E-state index >= 15 is 0 Å². The van der Waals surface area contributed by atoms with Gasteiger partial charge in [0.25, 0.3) is 0 Å². The van der Waals surface area contributed by atoms with E-state index in [9.17, 15) is 4.79 Å². The summed E-state index contributed by atoms with van der Waals surface area (Å²) < 4.78 is 0. The molecule has 1 amide bonds. The molecule has 1 saturated heterocycles. The zero-order chi connectivity index (χ0) is 15.5. The maximum absolute atomic E-state index is 12.3. The lowest BCUT2D eigenvalue weighted by Crippen LogP contribution is -2.43. The van der Waals surface area contributed by atoms with Crippen LogP contribution in [0.1, 0.15) is 38.5 Å². The van der Waals surface area contributed by atoms with Gasteiger partial charge in [0.1, 0.15) is 5.82 Å². The summed E-state index contributed by atoms with van der Waals surface area (Å²) in [5.41, 5.74) is 0. The number of nitrogens with zero attached hydrogens (tertiary/aromatic N) is 2. The van der Waals surface area contributed by atoms with Gasteiger partial charge in [-0.3, -0.25) is 4.79 Å². The number of rotatable bonds is 3. The van der Waals surface area contributed by atoms with Crippen LogP contribution in [0.15, 0.2) is 12.3 Å². The van der Waals surface area contributed by atoms with Gasteiger partial charge in [-0.05, 0) is 31.7 Å². The minimum atomic E-state index is 0.114. The molecule has 0 aromatic carbocycles. The van der Waals surface area contributed by atoms with Crippen LogP contribution in [-0.2, 0) is 4.79 Å². The molecule has 1 aromatic rings. The van der Waals surface area contributed by atoms with E-state index in [1.54, 1.807) is 12.3 Å². The van der Waals surface area contributed by atoms with Crippen LogP contribution in [0.3, 0.4) is 0 Å². The van der Waals surface area contributed by atoms with Gasteiger partial charge in [0.2, 0.25) is 5.91 Å². The summed E-state index contributed by atoms with van der Waals surface area (Å²) in [4.78, 5) is 18.8. The molecule has 1 aliphatic carbocycles. The quantitative estimate of drug-likeness (QED) is 0.912. The fourth-order valence-corrected chi connectivity index (χ4v) is 3.88. The normalized spacial score (nSPS) is 20.4. The predicted octanol–water partition coefficient (Wildman–Crippen LogP) is 3.66. The third kappa shape index (κ3) is 3.66. The van der Waals surface area contributed by atoms with E-state index in [0.717, 1.165) is 44.6 Å². The molecule has 0 bridgehead atoms. The molecule has 1 saturated carbocycles. The van der Waals surface area contributed by atoms with Gasteiger partial charge in [0.05, 0.1) is 10.0 Å². The first-order valence-electron chi connectivity index (χ1n) is 8.00. The van der Waals surface area contributed by atoms with Gasteiger partial charge in [-0.2, -0.15) is 0 Å². The standard InChI is InChI=1S/C16H21Cl2N3O/c17-12-9-14(18)15(19-10-12)21-7-5-11(6-8-21)16(22)20-13-3-1-2-4-13/h9-11,13H,1-8H2,(H,20,22). The van der Waals surface area contributed by atoms with Crippen LogP contribution >= 0.6 is 23.2 Å². The van der Waals surface area contributed by atoms with Crippen molar-refractivity contribution in [3.05, 3.63) is 22.3 Å². The first-order chi connectivity index (χ1) is 10.6. The molecule has 6 heteroatoms. The first-order valence-corrected chi connectivity index (χ1v) is 8.75. The molecular formula is C16H21Cl2N3O. The number of hydrogen-bond donors (Lipinski definition) is 1. The monoisotopic (exact) mass is 341 g/mol. The lowest BCUT2D eigenvalue weighted by atomic mass is 9.95. The van der Waals surface area contributed by atoms with Crippen LogP contribution in [0, 0.1) is 5.92 Å². The van der Waals surface area contributed by atoms with Crippen LogP contribution in [-0.4, -0.2) is 30.0 Å². The molecule has 2 heterocycles. The molecule has 120 valence electrons. The van der Waals surface area contributed by atoms with Crippen molar-refractivity contribution in [3.63, 3.8) is 0 Å². The zero-order valence-corrected chi connectivity index (χ0v) is 14.0. The molecule has 1 aliphatic heterocycles. The van der Waals surface area contributed by atoms with Crippen molar-refractivity contribution in [3.8, 4) is 0 Å². The number of aromatic nitrogens is 1. The highest BCUT2D eigenvalue weighted by molar-refractivity contribution is 6.36. The van der Waals surface area contributed by atoms with Gasteiger partial charge in [-0.1, -0.05) is 36.0 Å². The number of pyridine rings is 1. The van der Waals surface area contributed by atoms with Crippen molar-refractivity contribution in [2.45, 2.75) is 44.6 Å². The van der Waals surface area contributed by atoms with Crippen LogP contribution in [0.2, 0.25) is 10.0 Å². The Morgan fingerprint density at radius 3 is 2.50 bits per heavy atom. The molecule has 0 radical (unpaired) electrons. The summed E-state index contributed by atoms with van der Waals surface area (Å²) in [6.45, 7) is 1.61. The third-order valence-electron chi connectivity index (χ3n) is 4.66. The number of halogens is 2. The Labute approximate surface area is 141 Å². The lowest BCUT2D eigenvalue weighted by Gasteiger charge is -2.33. The Hall–Kier alpha value is -1.000. The van der Waals surface area contributed by atoms with Crippen LogP contribution < -0.4 is 10.2 Å². The fourth-order valence-electron chi connectivity index (χ4n) is 3.38. The molecule has 0 spiro atoms. The van der Waals surface area contributed by atoms with E-state index in [1.807, 2.05) is 0 Å². The molecule has 3 rings (SSSR count). The molecule has 1 aromatic heterocycles. The molecule has 1 N–H and O–H groups in total. The van der Waals surface area contributed by atoms with Crippen molar-refractivity contribution in [2.75, 3.05) is 18.0 Å². The van der Waals surface area contributed by atoms with Crippen molar-refractivity contribution in [1.29, 1.82) is 0 Å². The zero-order valence-electron chi connectivity index (χ0n) is 12.5. The Kier molecular flexibility index (Phi) is 5.09. The number of carbonyl (C=O) groups is 1. The molecule has 4 nitrogen and oxygen atoms in total. The minimum absolute atomic E-state index is 0.114. The molecule has 2 fully saturated rings. The molecule has 22 heavy (non-hydrogen) atoms. The van der Waals surface area contributed by atoms with Gasteiger partial charge in [-0.15, -0.1) is 0 Å². The van der Waals surface area contributed by atoms with Crippen LogP contribution in [0.25, 0.3) is 0 Å². The van der Waals surface area contributed by atoms with Crippen LogP contribution in [0.4, 0.5) is 5.82 Å². The number of piperidine rings is 1. The molecule has 2 aliphatic rings. The maximum atomic E-state index is 12.3. The van der Waals surface area contributed by atoms with Gasteiger partial charge < -0.3 is 10.2 Å². The Morgan fingerprint density at radius 2 is 1.86 bits per heavy atom. The number of hydrogen-bond acceptors (Lipinski definition) is 3. The average Bonchev–Trinajstić information content (AvgIpc) is 3.00. The summed E-state index contributed by atoms with van der Waals surface area (Å²) >= 11 is 12.1. The second-order valence-electron chi connectivity index (χ2n) is 6.21. The van der Waals surface area contributed by atoms with Crippen molar-refractivity contribution < 1.29 is 4.79 Å². The molecule has 0 atom stereocenters. The van der Waals surface area contributed by atoms with Gasteiger partial charge in [0.15, 0.2) is 0 Å². The second-order valence-corrected chi connectivity index (χ2v) is 7.05. The van der Waals surface area contributed by atoms with E-state index in [1.165, 1.54) is 12.8 Å². The van der Waals surface area contributed by atoms with Gasteiger partial charge in [0, 0.05) is 31.2 Å². The first kappa shape index (κ1) is 15.9. The summed E-state index contributed by atoms with van der Waals surface area (Å²) in [6, 6.07) is 2.11. The number of carbonyl (C=O) groups excluding carboxylic acids is 1. The van der Waals surface area contributed by atoms with Gasteiger partial charge in [-0.25, -0.2) is 4.98 Å². The highest BCUT2D eigenvalue weighted by atomic mass is 35.5. The highest BCUT2D eigenvalue weighted by Crippen LogP contribution is 2.29. The topological polar surface area (TPSA) is 45.2 Å². The summed E-state index contributed by atoms with van der Waals surface area (Å²) in [5, 5.41) is 4.32. The molecular weight excluding hydrogens is 321 g/mol. The van der Waals surface area contributed by atoms with E-state index in [4.69, 9.17) is 23.2 Å². The Bertz CT molecular complexity index is 538. The lowest BCUT2D eigenvalue weighted by molar-refractivity contribution is -0.126. The van der Waals surface area contributed by atoms with E-state index < -0.39 is 0 Å². The minimum Gasteiger partial charge on any atom is -0.355 e. The fraction of sp³-hybridized carbons (Fsp3) is 0.625. The van der Waals surface area contributed by atoms with Crippen molar-refractivity contribution >= 4 is 34.9 Å². The summed E-state index contributed by atoms with van der Waals surface area (Å²) in [6.07, 6.45) is 8.05. The van der Waals surface area contributed by atoms with Crippen molar-refractivity contribution in [1.82, 2.24) is 10.3 Å². The van der Waals surface area contributed by atoms with E-state index in [0.29, 0.717) is 16.1 Å². The Balaban J connectivity index is 1.54. The largest absolute Gasteiger partial charge is 0.355 e. The number of nitrogens with one attached hydrogen (secondary N) is 1. The van der Waals surface area contributed by atoms with Gasteiger partial charge >= 0.3 is 0 Å². The summed E-state index contributed by atoms with van der Waals surface area (Å²) in [7, 11) is 0. The third-order valence-corrected chi connectivity index (χ3v) is 5.14. The van der Waals surface area contributed by atoms with Crippen molar-refractivity contribution in [2.24, 2.45) is 5.92 Å². The SMILES string of the molecule is O=C(NC1CCCC1)C1CCN(c2ncc(Cl)cc2Cl)CC1.